The topological polar surface area (TPSA) is 129 Å². The van der Waals surface area contributed by atoms with Crippen molar-refractivity contribution in [3.63, 3.8) is 0 Å². The van der Waals surface area contributed by atoms with E-state index in [2.05, 4.69) is 4.57 Å². The lowest BCUT2D eigenvalue weighted by Gasteiger charge is -2.12. The summed E-state index contributed by atoms with van der Waals surface area (Å²) in [5.74, 6) is -0.407. The maximum absolute atomic E-state index is 13.1. The van der Waals surface area contributed by atoms with Crippen LogP contribution in [-0.4, -0.2) is 30.5 Å². The first-order chi connectivity index (χ1) is 19.6. The second-order valence-corrected chi connectivity index (χ2v) is 11.3. The lowest BCUT2D eigenvalue weighted by Crippen LogP contribution is -2.27. The average Bonchev–Trinajstić information content (AvgIpc) is 3.38. The number of non-ortho nitro benzene ring substituents is 2. The Morgan fingerprint density at radius 2 is 1.37 bits per heavy atom. The third-order valence-electron chi connectivity index (χ3n) is 6.50. The van der Waals surface area contributed by atoms with E-state index in [9.17, 15) is 29.8 Å². The number of nitro groups is 2. The van der Waals surface area contributed by atoms with Crippen molar-refractivity contribution in [2.45, 2.75) is 30.2 Å². The van der Waals surface area contributed by atoms with Gasteiger partial charge in [-0.2, -0.15) is 0 Å². The van der Waals surface area contributed by atoms with Crippen molar-refractivity contribution in [3.8, 4) is 5.69 Å². The largest absolute Gasteiger partial charge is 0.318 e. The number of carbonyl (C=O) groups excluding carboxylic acids is 2. The summed E-state index contributed by atoms with van der Waals surface area (Å²) in [4.78, 5) is 49.9. The minimum Gasteiger partial charge on any atom is -0.318 e. The number of rotatable bonds is 8. The van der Waals surface area contributed by atoms with E-state index in [1.807, 2.05) is 44.2 Å². The van der Waals surface area contributed by atoms with E-state index >= 15 is 0 Å². The van der Waals surface area contributed by atoms with Gasteiger partial charge in [0.1, 0.15) is 0 Å². The van der Waals surface area contributed by atoms with Gasteiger partial charge in [-0.05, 0) is 85.3 Å². The molecule has 0 radical (unpaired) electrons. The summed E-state index contributed by atoms with van der Waals surface area (Å²) in [7, 11) is 0. The van der Waals surface area contributed by atoms with E-state index in [4.69, 9.17) is 0 Å². The number of aryl methyl sites for hydroxylation is 1. The summed E-state index contributed by atoms with van der Waals surface area (Å²) in [6.07, 6.45) is 1.72. The molecular weight excluding hydrogens is 564 g/mol. The Hall–Kier alpha value is -4.68. The summed E-state index contributed by atoms with van der Waals surface area (Å²) in [6.45, 7) is 3.94. The van der Waals surface area contributed by atoms with Gasteiger partial charge < -0.3 is 4.57 Å². The lowest BCUT2D eigenvalue weighted by molar-refractivity contribution is -0.385. The van der Waals surface area contributed by atoms with E-state index in [0.717, 1.165) is 49.1 Å². The number of hydrogen-bond donors (Lipinski definition) is 0. The molecule has 0 saturated carbocycles. The first-order valence-electron chi connectivity index (χ1n) is 12.3. The molecular formula is C29H22N4O6S2. The molecule has 5 rings (SSSR count). The molecule has 0 N–H and O–H groups in total. The molecule has 1 fully saturated rings. The van der Waals surface area contributed by atoms with E-state index in [1.54, 1.807) is 18.2 Å². The van der Waals surface area contributed by atoms with Gasteiger partial charge in [0.05, 0.1) is 21.3 Å². The first-order valence-corrected chi connectivity index (χ1v) is 13.9. The molecule has 41 heavy (non-hydrogen) atoms. The Bertz CT molecular complexity index is 1710. The summed E-state index contributed by atoms with van der Waals surface area (Å²) >= 11 is 2.37. The molecule has 0 aliphatic carbocycles. The Labute approximate surface area is 243 Å². The lowest BCUT2D eigenvalue weighted by atomic mass is 10.2. The summed E-state index contributed by atoms with van der Waals surface area (Å²) in [6, 6.07) is 22.0. The Morgan fingerprint density at radius 1 is 0.829 bits per heavy atom. The third-order valence-corrected chi connectivity index (χ3v) is 8.42. The zero-order valence-electron chi connectivity index (χ0n) is 21.8. The van der Waals surface area contributed by atoms with Gasteiger partial charge in [-0.3, -0.25) is 34.7 Å². The molecule has 1 aliphatic heterocycles. The van der Waals surface area contributed by atoms with Crippen molar-refractivity contribution in [2.24, 2.45) is 0 Å². The number of aromatic nitrogens is 1. The van der Waals surface area contributed by atoms with Gasteiger partial charge in [-0.15, -0.1) is 0 Å². The molecule has 0 unspecified atom stereocenters. The van der Waals surface area contributed by atoms with Crippen molar-refractivity contribution in [1.29, 1.82) is 0 Å². The SMILES string of the molecule is Cc1cc(/C=C2\SC(=O)N(Cc3ccc([N+](=O)[O-])cc3)C2=O)c(C)n1-c1ccc(Sc2ccc([N+](=O)[O-])cc2)cc1. The molecule has 2 heterocycles. The first kappa shape index (κ1) is 27.9. The van der Waals surface area contributed by atoms with Gasteiger partial charge in [0.15, 0.2) is 0 Å². The maximum Gasteiger partial charge on any atom is 0.293 e. The van der Waals surface area contributed by atoms with Crippen LogP contribution in [-0.2, 0) is 11.3 Å². The fourth-order valence-corrected chi connectivity index (χ4v) is 6.10. The van der Waals surface area contributed by atoms with Crippen molar-refractivity contribution in [1.82, 2.24) is 9.47 Å². The van der Waals surface area contributed by atoms with Gasteiger partial charge in [-0.25, -0.2) is 0 Å². The van der Waals surface area contributed by atoms with E-state index < -0.39 is 21.0 Å². The predicted molar refractivity (Wildman–Crippen MR) is 157 cm³/mol. The molecule has 3 aromatic carbocycles. The summed E-state index contributed by atoms with van der Waals surface area (Å²) < 4.78 is 2.06. The van der Waals surface area contributed by atoms with Crippen LogP contribution in [0.3, 0.4) is 0 Å². The molecule has 206 valence electrons. The van der Waals surface area contributed by atoms with Gasteiger partial charge >= 0.3 is 0 Å². The highest BCUT2D eigenvalue weighted by molar-refractivity contribution is 8.18. The van der Waals surface area contributed by atoms with Crippen molar-refractivity contribution >= 4 is 52.1 Å². The zero-order chi connectivity index (χ0) is 29.3. The molecule has 1 aliphatic rings. The molecule has 0 atom stereocenters. The number of thioether (sulfide) groups is 1. The van der Waals surface area contributed by atoms with Crippen LogP contribution >= 0.6 is 23.5 Å². The highest BCUT2D eigenvalue weighted by Crippen LogP contribution is 2.35. The number of benzene rings is 3. The van der Waals surface area contributed by atoms with Crippen molar-refractivity contribution in [2.75, 3.05) is 0 Å². The van der Waals surface area contributed by atoms with Crippen molar-refractivity contribution < 1.29 is 19.4 Å². The number of imide groups is 1. The number of nitro benzene ring substituents is 2. The predicted octanol–water partition coefficient (Wildman–Crippen LogP) is 7.30. The van der Waals surface area contributed by atoms with Gasteiger partial charge in [0.25, 0.3) is 22.5 Å². The second-order valence-electron chi connectivity index (χ2n) is 9.20. The summed E-state index contributed by atoms with van der Waals surface area (Å²) in [5.41, 5.74) is 4.21. The normalized spacial score (nSPS) is 14.2. The third kappa shape index (κ3) is 5.93. The molecule has 0 spiro atoms. The van der Waals surface area contributed by atoms with E-state index in [1.165, 1.54) is 48.2 Å². The Balaban J connectivity index is 1.32. The van der Waals surface area contributed by atoms with Crippen LogP contribution in [0.5, 0.6) is 0 Å². The highest BCUT2D eigenvalue weighted by atomic mass is 32.2. The molecule has 1 aromatic heterocycles. The number of hydrogen-bond acceptors (Lipinski definition) is 8. The summed E-state index contributed by atoms with van der Waals surface area (Å²) in [5, 5.41) is 21.4. The molecule has 12 heteroatoms. The van der Waals surface area contributed by atoms with E-state index in [0.29, 0.717) is 10.5 Å². The number of nitrogens with zero attached hydrogens (tertiary/aromatic N) is 4. The fourth-order valence-electron chi connectivity index (χ4n) is 4.45. The van der Waals surface area contributed by atoms with Crippen LogP contribution in [0.4, 0.5) is 16.2 Å². The molecule has 4 aromatic rings. The van der Waals surface area contributed by atoms with E-state index in [-0.39, 0.29) is 17.9 Å². The van der Waals surface area contributed by atoms with Crippen LogP contribution < -0.4 is 0 Å². The van der Waals surface area contributed by atoms with Crippen molar-refractivity contribution in [3.05, 3.63) is 127 Å². The van der Waals surface area contributed by atoms with Gasteiger partial charge in [-0.1, -0.05) is 23.9 Å². The molecule has 10 nitrogen and oxygen atoms in total. The van der Waals surface area contributed by atoms with Crippen LogP contribution in [0.2, 0.25) is 0 Å². The molecule has 1 saturated heterocycles. The number of amides is 2. The monoisotopic (exact) mass is 586 g/mol. The fraction of sp³-hybridized carbons (Fsp3) is 0.103. The second kappa shape index (κ2) is 11.4. The molecule has 2 amide bonds. The van der Waals surface area contributed by atoms with Gasteiger partial charge in [0, 0.05) is 51.1 Å². The van der Waals surface area contributed by atoms with Crippen LogP contribution in [0, 0.1) is 34.1 Å². The molecule has 0 bridgehead atoms. The standard InChI is InChI=1S/C29H22N4O6S2/c1-18-15-21(16-27-28(34)30(29(35)41-27)17-20-3-5-23(6-4-20)32(36)37)19(2)31(18)22-7-11-25(12-8-22)40-26-13-9-24(10-14-26)33(38)39/h3-16H,17H2,1-2H3/b27-16-. The number of carbonyl (C=O) groups is 2. The smallest absolute Gasteiger partial charge is 0.293 e. The quantitative estimate of drug-likeness (QED) is 0.119. The van der Waals surface area contributed by atoms with Crippen LogP contribution in [0.15, 0.2) is 93.6 Å². The van der Waals surface area contributed by atoms with Gasteiger partial charge in [0.2, 0.25) is 0 Å². The highest BCUT2D eigenvalue weighted by Gasteiger charge is 2.35. The van der Waals surface area contributed by atoms with Crippen LogP contribution in [0.1, 0.15) is 22.5 Å². The maximum atomic E-state index is 13.1. The minimum absolute atomic E-state index is 0.0310. The van der Waals surface area contributed by atoms with Crippen LogP contribution in [0.25, 0.3) is 11.8 Å². The Morgan fingerprint density at radius 3 is 1.93 bits per heavy atom. The minimum atomic E-state index is -0.502. The Kier molecular flexibility index (Phi) is 7.77. The zero-order valence-corrected chi connectivity index (χ0v) is 23.5. The average molecular weight is 587 g/mol.